The Hall–Kier alpha value is -2.42. The van der Waals surface area contributed by atoms with Gasteiger partial charge in [0.05, 0.1) is 4.90 Å². The standard InChI is InChI=1S/C16H21N3O5S/c1-4-9-17-15(20)11(3)24-16(21)10(2)18-14-12-7-5-6-8-13(12)25(22,23)19-14/h5-8,10-11H,4,9H2,1-3H3,(H,17,20)(H,18,19)/t10-,11-/m0/s1. The van der Waals surface area contributed by atoms with Crippen LogP contribution in [0.5, 0.6) is 0 Å². The molecule has 1 heterocycles. The summed E-state index contributed by atoms with van der Waals surface area (Å²) >= 11 is 0. The second-order valence-corrected chi connectivity index (χ2v) is 7.28. The molecule has 2 rings (SSSR count). The van der Waals surface area contributed by atoms with Crippen LogP contribution >= 0.6 is 0 Å². The molecule has 0 spiro atoms. The Kier molecular flexibility index (Phi) is 5.78. The highest BCUT2D eigenvalue weighted by Gasteiger charge is 2.31. The Bertz CT molecular complexity index is 804. The zero-order valence-corrected chi connectivity index (χ0v) is 15.1. The molecule has 1 amide bonds. The van der Waals surface area contributed by atoms with Gasteiger partial charge in [0.25, 0.3) is 15.9 Å². The summed E-state index contributed by atoms with van der Waals surface area (Å²) in [4.78, 5) is 28.1. The number of fused-ring (bicyclic) bond motifs is 1. The van der Waals surface area contributed by atoms with E-state index in [1.165, 1.54) is 19.9 Å². The molecular formula is C16H21N3O5S. The highest BCUT2D eigenvalue weighted by molar-refractivity contribution is 7.90. The molecule has 1 aliphatic rings. The first-order chi connectivity index (χ1) is 11.8. The van der Waals surface area contributed by atoms with E-state index in [1.807, 2.05) is 6.92 Å². The fraction of sp³-hybridized carbons (Fsp3) is 0.438. The minimum absolute atomic E-state index is 0.0862. The molecular weight excluding hydrogens is 346 g/mol. The molecule has 0 fully saturated rings. The SMILES string of the molecule is CCCNC(=O)[C@H](C)OC(=O)[C@H](C)N=C1NS(=O)(=O)c2ccccc21. The molecule has 0 saturated heterocycles. The average molecular weight is 367 g/mol. The molecule has 1 aliphatic heterocycles. The van der Waals surface area contributed by atoms with E-state index >= 15 is 0 Å². The maximum absolute atomic E-state index is 12.1. The van der Waals surface area contributed by atoms with E-state index < -0.39 is 28.1 Å². The number of amidine groups is 1. The lowest BCUT2D eigenvalue weighted by molar-refractivity contribution is -0.155. The summed E-state index contributed by atoms with van der Waals surface area (Å²) in [5.74, 6) is -1.01. The number of aliphatic imine (C=N–C) groups is 1. The van der Waals surface area contributed by atoms with Gasteiger partial charge in [-0.1, -0.05) is 19.1 Å². The fourth-order valence-electron chi connectivity index (χ4n) is 2.19. The molecule has 0 radical (unpaired) electrons. The Morgan fingerprint density at radius 1 is 1.28 bits per heavy atom. The number of nitrogens with one attached hydrogen (secondary N) is 2. The van der Waals surface area contributed by atoms with Crippen molar-refractivity contribution in [1.29, 1.82) is 0 Å². The molecule has 25 heavy (non-hydrogen) atoms. The van der Waals surface area contributed by atoms with Crippen molar-refractivity contribution >= 4 is 27.7 Å². The van der Waals surface area contributed by atoms with Gasteiger partial charge in [-0.2, -0.15) is 0 Å². The summed E-state index contributed by atoms with van der Waals surface area (Å²) in [7, 11) is -3.67. The minimum Gasteiger partial charge on any atom is -0.451 e. The fourth-order valence-corrected chi connectivity index (χ4v) is 3.43. The second-order valence-electron chi connectivity index (χ2n) is 5.63. The molecule has 136 valence electrons. The summed E-state index contributed by atoms with van der Waals surface area (Å²) < 4.78 is 31.4. The van der Waals surface area contributed by atoms with Crippen LogP contribution in [0.15, 0.2) is 34.2 Å². The number of hydrogen-bond donors (Lipinski definition) is 2. The van der Waals surface area contributed by atoms with Crippen LogP contribution in [-0.2, 0) is 24.3 Å². The smallest absolute Gasteiger partial charge is 0.331 e. The van der Waals surface area contributed by atoms with Crippen LogP contribution in [0.25, 0.3) is 0 Å². The highest BCUT2D eigenvalue weighted by atomic mass is 32.2. The van der Waals surface area contributed by atoms with Crippen LogP contribution in [0.2, 0.25) is 0 Å². The summed E-state index contributed by atoms with van der Waals surface area (Å²) in [6.45, 7) is 5.35. The van der Waals surface area contributed by atoms with Gasteiger partial charge in [-0.3, -0.25) is 14.5 Å². The largest absolute Gasteiger partial charge is 0.451 e. The number of esters is 1. The van der Waals surface area contributed by atoms with E-state index in [0.717, 1.165) is 6.42 Å². The zero-order valence-electron chi connectivity index (χ0n) is 14.3. The van der Waals surface area contributed by atoms with Gasteiger partial charge < -0.3 is 10.1 Å². The molecule has 2 N–H and O–H groups in total. The third-order valence-corrected chi connectivity index (χ3v) is 4.94. The van der Waals surface area contributed by atoms with Crippen molar-refractivity contribution in [2.75, 3.05) is 6.54 Å². The molecule has 0 bridgehead atoms. The van der Waals surface area contributed by atoms with Crippen LogP contribution in [0.3, 0.4) is 0 Å². The number of sulfonamides is 1. The van der Waals surface area contributed by atoms with Gasteiger partial charge in [0.1, 0.15) is 11.9 Å². The van der Waals surface area contributed by atoms with E-state index in [0.29, 0.717) is 12.1 Å². The molecule has 2 atom stereocenters. The van der Waals surface area contributed by atoms with Crippen LogP contribution in [0.4, 0.5) is 0 Å². The summed E-state index contributed by atoms with van der Waals surface area (Å²) in [5.41, 5.74) is 0.399. The van der Waals surface area contributed by atoms with Gasteiger partial charge >= 0.3 is 5.97 Å². The second kappa shape index (κ2) is 7.64. The van der Waals surface area contributed by atoms with Crippen molar-refractivity contribution < 1.29 is 22.7 Å². The lowest BCUT2D eigenvalue weighted by Gasteiger charge is -2.15. The molecule has 0 saturated carbocycles. The summed E-state index contributed by atoms with van der Waals surface area (Å²) in [6.07, 6.45) is -0.176. The Labute approximate surface area is 146 Å². The van der Waals surface area contributed by atoms with E-state index in [4.69, 9.17) is 4.74 Å². The van der Waals surface area contributed by atoms with Gasteiger partial charge in [0.15, 0.2) is 6.10 Å². The zero-order chi connectivity index (χ0) is 18.6. The van der Waals surface area contributed by atoms with Crippen molar-refractivity contribution in [3.8, 4) is 0 Å². The molecule has 8 nitrogen and oxygen atoms in total. The predicted octanol–water partition coefficient (Wildman–Crippen LogP) is 0.571. The topological polar surface area (TPSA) is 114 Å². The van der Waals surface area contributed by atoms with Crippen LogP contribution in [0, 0.1) is 0 Å². The summed E-state index contributed by atoms with van der Waals surface area (Å²) in [6, 6.07) is 5.38. The lowest BCUT2D eigenvalue weighted by atomic mass is 10.2. The average Bonchev–Trinajstić information content (AvgIpc) is 2.83. The molecule has 1 aromatic rings. The van der Waals surface area contributed by atoms with Crippen molar-refractivity contribution in [1.82, 2.24) is 10.0 Å². The number of amides is 1. The number of carbonyl (C=O) groups is 2. The number of hydrogen-bond acceptors (Lipinski definition) is 6. The number of benzene rings is 1. The number of carbonyl (C=O) groups excluding carboxylic acids is 2. The monoisotopic (exact) mass is 367 g/mol. The van der Waals surface area contributed by atoms with Gasteiger partial charge in [0.2, 0.25) is 0 Å². The molecule has 0 unspecified atom stereocenters. The normalized spacial score (nSPS) is 18.8. The quantitative estimate of drug-likeness (QED) is 0.714. The van der Waals surface area contributed by atoms with E-state index in [2.05, 4.69) is 15.0 Å². The van der Waals surface area contributed by atoms with E-state index in [9.17, 15) is 18.0 Å². The maximum atomic E-state index is 12.1. The van der Waals surface area contributed by atoms with Crippen LogP contribution < -0.4 is 10.0 Å². The Balaban J connectivity index is 2.09. The van der Waals surface area contributed by atoms with E-state index in [1.54, 1.807) is 18.2 Å². The summed E-state index contributed by atoms with van der Waals surface area (Å²) in [5, 5.41) is 2.63. The predicted molar refractivity (Wildman–Crippen MR) is 91.6 cm³/mol. The van der Waals surface area contributed by atoms with Crippen molar-refractivity contribution in [3.05, 3.63) is 29.8 Å². The van der Waals surface area contributed by atoms with Crippen LogP contribution in [-0.4, -0.2) is 44.8 Å². The molecule has 0 aromatic heterocycles. The van der Waals surface area contributed by atoms with Crippen molar-refractivity contribution in [3.63, 3.8) is 0 Å². The van der Waals surface area contributed by atoms with Crippen molar-refractivity contribution in [2.24, 2.45) is 4.99 Å². The molecule has 0 aliphatic carbocycles. The number of nitrogens with zero attached hydrogens (tertiary/aromatic N) is 1. The molecule has 1 aromatic carbocycles. The number of ether oxygens (including phenoxy) is 1. The van der Waals surface area contributed by atoms with Gasteiger partial charge in [0, 0.05) is 12.1 Å². The van der Waals surface area contributed by atoms with Crippen LogP contribution in [0.1, 0.15) is 32.8 Å². The molecule has 9 heteroatoms. The first kappa shape index (κ1) is 18.9. The van der Waals surface area contributed by atoms with E-state index in [-0.39, 0.29) is 16.6 Å². The van der Waals surface area contributed by atoms with Gasteiger partial charge in [-0.05, 0) is 32.4 Å². The maximum Gasteiger partial charge on any atom is 0.331 e. The minimum atomic E-state index is -3.67. The van der Waals surface area contributed by atoms with Crippen molar-refractivity contribution in [2.45, 2.75) is 44.2 Å². The Morgan fingerprint density at radius 3 is 2.64 bits per heavy atom. The first-order valence-corrected chi connectivity index (χ1v) is 9.42. The first-order valence-electron chi connectivity index (χ1n) is 7.94. The Morgan fingerprint density at radius 2 is 1.96 bits per heavy atom. The van der Waals surface area contributed by atoms with Gasteiger partial charge in [-0.25, -0.2) is 13.2 Å². The lowest BCUT2D eigenvalue weighted by Crippen LogP contribution is -2.38. The number of rotatable bonds is 6. The van der Waals surface area contributed by atoms with Gasteiger partial charge in [-0.15, -0.1) is 0 Å². The third-order valence-electron chi connectivity index (χ3n) is 3.54. The highest BCUT2D eigenvalue weighted by Crippen LogP contribution is 2.22. The third kappa shape index (κ3) is 4.36.